The highest BCUT2D eigenvalue weighted by molar-refractivity contribution is 4.82. The van der Waals surface area contributed by atoms with Gasteiger partial charge in [-0.05, 0) is 14.1 Å². The van der Waals surface area contributed by atoms with Gasteiger partial charge in [0.15, 0.2) is 0 Å². The molecule has 5 nitrogen and oxygen atoms in total. The topological polar surface area (TPSA) is 60.0 Å². The molecule has 0 amide bonds. The zero-order valence-corrected chi connectivity index (χ0v) is 7.56. The number of likely N-dealkylation sites (N-methyl/N-ethyl adjacent to an activating group) is 1. The van der Waals surface area contributed by atoms with Crippen molar-refractivity contribution < 1.29 is 0 Å². The third-order valence-electron chi connectivity index (χ3n) is 1.64. The molecule has 0 fully saturated rings. The summed E-state index contributed by atoms with van der Waals surface area (Å²) in [5, 5.41) is 4.06. The molecule has 0 radical (unpaired) electrons. The number of rotatable bonds is 4. The average Bonchev–Trinajstić information content (AvgIpc) is 2.47. The predicted octanol–water partition coefficient (Wildman–Crippen LogP) is -0.702. The fourth-order valence-corrected chi connectivity index (χ4v) is 0.928. The van der Waals surface area contributed by atoms with Gasteiger partial charge in [0.2, 0.25) is 0 Å². The number of hydrogen-bond acceptors (Lipinski definition) is 4. The van der Waals surface area contributed by atoms with Gasteiger partial charge in [0.1, 0.15) is 12.2 Å². The minimum Gasteiger partial charge on any atom is -0.324 e. The molecular weight excluding hydrogens is 154 g/mol. The lowest BCUT2D eigenvalue weighted by atomic mass is 10.5. The predicted molar refractivity (Wildman–Crippen MR) is 46.5 cm³/mol. The maximum atomic E-state index is 5.46. The van der Waals surface area contributed by atoms with Crippen LogP contribution in [-0.4, -0.2) is 40.3 Å². The molecule has 1 aromatic heterocycles. The van der Waals surface area contributed by atoms with Crippen molar-refractivity contribution in [2.45, 2.75) is 13.1 Å². The van der Waals surface area contributed by atoms with E-state index in [9.17, 15) is 0 Å². The summed E-state index contributed by atoms with van der Waals surface area (Å²) in [6, 6.07) is 0. The second-order valence-electron chi connectivity index (χ2n) is 2.91. The van der Waals surface area contributed by atoms with Crippen molar-refractivity contribution in [1.29, 1.82) is 0 Å². The molecule has 0 spiro atoms. The van der Waals surface area contributed by atoms with Crippen molar-refractivity contribution in [2.24, 2.45) is 5.73 Å². The van der Waals surface area contributed by atoms with E-state index in [-0.39, 0.29) is 0 Å². The van der Waals surface area contributed by atoms with Crippen molar-refractivity contribution in [3.8, 4) is 0 Å². The second kappa shape index (κ2) is 4.18. The molecule has 1 heterocycles. The highest BCUT2D eigenvalue weighted by atomic mass is 15.3. The van der Waals surface area contributed by atoms with Gasteiger partial charge in [0.05, 0.1) is 13.1 Å². The monoisotopic (exact) mass is 169 g/mol. The van der Waals surface area contributed by atoms with Crippen LogP contribution in [0.5, 0.6) is 0 Å². The lowest BCUT2D eigenvalue weighted by molar-refractivity contribution is 0.369. The van der Waals surface area contributed by atoms with Crippen LogP contribution in [0.2, 0.25) is 0 Å². The van der Waals surface area contributed by atoms with E-state index in [0.29, 0.717) is 6.54 Å². The van der Waals surface area contributed by atoms with Crippen LogP contribution in [0, 0.1) is 0 Å². The van der Waals surface area contributed by atoms with Crippen LogP contribution in [-0.2, 0) is 13.1 Å². The fourth-order valence-electron chi connectivity index (χ4n) is 0.928. The fraction of sp³-hybridized carbons (Fsp3) is 0.714. The first-order chi connectivity index (χ1) is 5.74. The first-order valence-electron chi connectivity index (χ1n) is 3.95. The van der Waals surface area contributed by atoms with Gasteiger partial charge >= 0.3 is 0 Å². The van der Waals surface area contributed by atoms with Gasteiger partial charge in [0, 0.05) is 6.54 Å². The largest absolute Gasteiger partial charge is 0.324 e. The lowest BCUT2D eigenvalue weighted by Crippen LogP contribution is -2.21. The SMILES string of the molecule is CN(C)CCn1ncnc1CN. The Morgan fingerprint density at radius 3 is 2.92 bits per heavy atom. The van der Waals surface area contributed by atoms with Crippen molar-refractivity contribution in [3.05, 3.63) is 12.2 Å². The summed E-state index contributed by atoms with van der Waals surface area (Å²) in [5.41, 5.74) is 5.46. The molecule has 0 atom stereocenters. The third kappa shape index (κ3) is 2.28. The van der Waals surface area contributed by atoms with E-state index < -0.39 is 0 Å². The molecule has 1 rings (SSSR count). The molecule has 0 unspecified atom stereocenters. The number of nitrogens with zero attached hydrogens (tertiary/aromatic N) is 4. The highest BCUT2D eigenvalue weighted by Gasteiger charge is 2.00. The van der Waals surface area contributed by atoms with E-state index in [2.05, 4.69) is 15.0 Å². The van der Waals surface area contributed by atoms with Crippen molar-refractivity contribution in [1.82, 2.24) is 19.7 Å². The Balaban J connectivity index is 2.50. The van der Waals surface area contributed by atoms with Crippen LogP contribution < -0.4 is 5.73 Å². The van der Waals surface area contributed by atoms with Gasteiger partial charge in [0.25, 0.3) is 0 Å². The van der Waals surface area contributed by atoms with E-state index in [1.54, 1.807) is 0 Å². The molecular formula is C7H15N5. The molecule has 0 saturated heterocycles. The van der Waals surface area contributed by atoms with Crippen molar-refractivity contribution >= 4 is 0 Å². The summed E-state index contributed by atoms with van der Waals surface area (Å²) in [5.74, 6) is 0.844. The van der Waals surface area contributed by atoms with Crippen LogP contribution in [0.3, 0.4) is 0 Å². The van der Waals surface area contributed by atoms with Crippen molar-refractivity contribution in [2.75, 3.05) is 20.6 Å². The van der Waals surface area contributed by atoms with Gasteiger partial charge in [-0.2, -0.15) is 5.10 Å². The summed E-state index contributed by atoms with van der Waals surface area (Å²) in [6.45, 7) is 2.25. The molecule has 68 valence electrons. The Labute approximate surface area is 72.2 Å². The Morgan fingerprint density at radius 2 is 2.33 bits per heavy atom. The summed E-state index contributed by atoms with van der Waals surface area (Å²) in [7, 11) is 4.05. The zero-order chi connectivity index (χ0) is 8.97. The number of nitrogens with two attached hydrogens (primary N) is 1. The summed E-state index contributed by atoms with van der Waals surface area (Å²) in [4.78, 5) is 6.12. The van der Waals surface area contributed by atoms with Crippen LogP contribution in [0.4, 0.5) is 0 Å². The van der Waals surface area contributed by atoms with E-state index in [1.165, 1.54) is 6.33 Å². The Bertz CT molecular complexity index is 229. The molecule has 12 heavy (non-hydrogen) atoms. The summed E-state index contributed by atoms with van der Waals surface area (Å²) in [6.07, 6.45) is 1.54. The normalized spacial score (nSPS) is 11.0. The van der Waals surface area contributed by atoms with Gasteiger partial charge in [-0.1, -0.05) is 0 Å². The van der Waals surface area contributed by atoms with Crippen molar-refractivity contribution in [3.63, 3.8) is 0 Å². The molecule has 0 aliphatic rings. The molecule has 1 aromatic rings. The average molecular weight is 169 g/mol. The first kappa shape index (κ1) is 9.15. The number of hydrogen-bond donors (Lipinski definition) is 1. The van der Waals surface area contributed by atoms with E-state index in [1.807, 2.05) is 18.8 Å². The molecule has 0 saturated carbocycles. The van der Waals surface area contributed by atoms with Gasteiger partial charge in [-0.3, -0.25) is 0 Å². The van der Waals surface area contributed by atoms with Gasteiger partial charge < -0.3 is 10.6 Å². The minimum atomic E-state index is 0.452. The quantitative estimate of drug-likeness (QED) is 0.647. The van der Waals surface area contributed by atoms with Crippen LogP contribution >= 0.6 is 0 Å². The minimum absolute atomic E-state index is 0.452. The van der Waals surface area contributed by atoms with Crippen LogP contribution in [0.25, 0.3) is 0 Å². The molecule has 0 bridgehead atoms. The first-order valence-corrected chi connectivity index (χ1v) is 3.95. The second-order valence-corrected chi connectivity index (χ2v) is 2.91. The van der Waals surface area contributed by atoms with E-state index in [0.717, 1.165) is 18.9 Å². The van der Waals surface area contributed by atoms with Crippen LogP contribution in [0.15, 0.2) is 6.33 Å². The van der Waals surface area contributed by atoms with Gasteiger partial charge in [-0.15, -0.1) is 0 Å². The molecule has 0 aromatic carbocycles. The van der Waals surface area contributed by atoms with Gasteiger partial charge in [-0.25, -0.2) is 9.67 Å². The van der Waals surface area contributed by atoms with Crippen LogP contribution in [0.1, 0.15) is 5.82 Å². The maximum Gasteiger partial charge on any atom is 0.140 e. The molecule has 0 aliphatic carbocycles. The highest BCUT2D eigenvalue weighted by Crippen LogP contribution is 1.91. The Hall–Kier alpha value is -0.940. The lowest BCUT2D eigenvalue weighted by Gasteiger charge is -2.09. The molecule has 0 aliphatic heterocycles. The summed E-state index contributed by atoms with van der Waals surface area (Å²) >= 11 is 0. The smallest absolute Gasteiger partial charge is 0.140 e. The summed E-state index contributed by atoms with van der Waals surface area (Å²) < 4.78 is 1.83. The Morgan fingerprint density at radius 1 is 1.58 bits per heavy atom. The molecule has 2 N–H and O–H groups in total. The molecule has 5 heteroatoms. The number of aromatic nitrogens is 3. The third-order valence-corrected chi connectivity index (χ3v) is 1.64. The van der Waals surface area contributed by atoms with E-state index >= 15 is 0 Å². The van der Waals surface area contributed by atoms with E-state index in [4.69, 9.17) is 5.73 Å². The Kier molecular flexibility index (Phi) is 3.19. The zero-order valence-electron chi connectivity index (χ0n) is 7.56. The standard InChI is InChI=1S/C7H15N5/c1-11(2)3-4-12-7(5-8)9-6-10-12/h6H,3-5,8H2,1-2H3. The maximum absolute atomic E-state index is 5.46.